The Morgan fingerprint density at radius 3 is 2.12 bits per heavy atom. The maximum absolute atomic E-state index is 14.0. The number of unbranched alkanes of at least 4 members (excludes halogenated alkanes) is 1. The van der Waals surface area contributed by atoms with E-state index in [1.807, 2.05) is 69.3 Å². The Balaban J connectivity index is 1.98. The largest absolute Gasteiger partial charge is 0.478 e. The molecule has 0 aliphatic carbocycles. The van der Waals surface area contributed by atoms with Crippen LogP contribution in [0.2, 0.25) is 0 Å². The number of nitrogens with zero attached hydrogens (tertiary/aromatic N) is 1. The van der Waals surface area contributed by atoms with Gasteiger partial charge in [-0.3, -0.25) is 4.31 Å². The molecule has 0 aliphatic rings. The highest BCUT2D eigenvalue weighted by molar-refractivity contribution is 7.93. The van der Waals surface area contributed by atoms with Gasteiger partial charge in [0.25, 0.3) is 10.0 Å². The molecule has 0 amide bonds. The van der Waals surface area contributed by atoms with E-state index in [4.69, 9.17) is 5.11 Å². The van der Waals surface area contributed by atoms with Crippen LogP contribution in [0.25, 0.3) is 0 Å². The number of para-hydroxylation sites is 1. The van der Waals surface area contributed by atoms with Gasteiger partial charge in [-0.25, -0.2) is 13.2 Å². The van der Waals surface area contributed by atoms with Gasteiger partial charge in [-0.2, -0.15) is 0 Å². The van der Waals surface area contributed by atoms with E-state index in [1.165, 1.54) is 0 Å². The first kappa shape index (κ1) is 25.5. The van der Waals surface area contributed by atoms with Gasteiger partial charge in [-0.05, 0) is 80.5 Å². The average Bonchev–Trinajstić information content (AvgIpc) is 2.77. The molecule has 0 radical (unpaired) electrons. The Kier molecular flexibility index (Phi) is 8.15. The summed E-state index contributed by atoms with van der Waals surface area (Å²) in [6.07, 6.45) is 2.97. The highest BCUT2D eigenvalue weighted by Crippen LogP contribution is 2.32. The zero-order chi connectivity index (χ0) is 24.9. The molecule has 0 fully saturated rings. The molecule has 3 aromatic rings. The maximum Gasteiger partial charge on any atom is 0.335 e. The van der Waals surface area contributed by atoms with Crippen molar-refractivity contribution in [3.63, 3.8) is 0 Å². The van der Waals surface area contributed by atoms with Crippen molar-refractivity contribution in [2.45, 2.75) is 58.3 Å². The number of benzene rings is 3. The number of aryl methyl sites for hydroxylation is 5. The Morgan fingerprint density at radius 1 is 0.912 bits per heavy atom. The highest BCUT2D eigenvalue weighted by Gasteiger charge is 2.29. The highest BCUT2D eigenvalue weighted by atomic mass is 32.2. The molecule has 3 aromatic carbocycles. The van der Waals surface area contributed by atoms with Crippen LogP contribution in [0.5, 0.6) is 0 Å². The molecule has 0 spiro atoms. The normalized spacial score (nSPS) is 11.4. The molecule has 6 heteroatoms. The molecule has 0 atom stereocenters. The molecule has 0 aromatic heterocycles. The molecule has 0 saturated carbocycles. The number of sulfonamides is 1. The number of carboxylic acid groups (broad SMARTS) is 1. The van der Waals surface area contributed by atoms with Crippen LogP contribution in [0.3, 0.4) is 0 Å². The standard InChI is InChI=1S/C28H33NO4S/c1-5-6-17-29(34(32,33)27-21(3)18-20(2)19-22(27)4)26-10-8-7-9-24(26)14-11-23-12-15-25(16-13-23)28(30)31/h7-10,12-13,15-16,18-19H,5-6,11,14,17H2,1-4H3,(H,30,31). The lowest BCUT2D eigenvalue weighted by molar-refractivity contribution is 0.0697. The zero-order valence-electron chi connectivity index (χ0n) is 20.3. The molecule has 0 bridgehead atoms. The molecule has 0 heterocycles. The summed E-state index contributed by atoms with van der Waals surface area (Å²) >= 11 is 0. The predicted molar refractivity (Wildman–Crippen MR) is 137 cm³/mol. The van der Waals surface area contributed by atoms with Gasteiger partial charge in [0.1, 0.15) is 0 Å². The summed E-state index contributed by atoms with van der Waals surface area (Å²) in [7, 11) is -3.76. The summed E-state index contributed by atoms with van der Waals surface area (Å²) in [5.41, 5.74) is 5.48. The number of rotatable bonds is 10. The minimum atomic E-state index is -3.76. The second kappa shape index (κ2) is 10.9. The Bertz CT molecular complexity index is 1240. The number of aromatic carboxylic acids is 1. The zero-order valence-corrected chi connectivity index (χ0v) is 21.2. The Labute approximate surface area is 203 Å². The van der Waals surface area contributed by atoms with E-state index in [-0.39, 0.29) is 5.56 Å². The summed E-state index contributed by atoms with van der Waals surface area (Å²) in [5.74, 6) is -0.949. The van der Waals surface area contributed by atoms with E-state index in [9.17, 15) is 13.2 Å². The second-order valence-electron chi connectivity index (χ2n) is 8.79. The van der Waals surface area contributed by atoms with E-state index < -0.39 is 16.0 Å². The average molecular weight is 480 g/mol. The molecule has 0 aliphatic heterocycles. The Hall–Kier alpha value is -3.12. The third-order valence-electron chi connectivity index (χ3n) is 6.01. The lowest BCUT2D eigenvalue weighted by atomic mass is 10.0. The van der Waals surface area contributed by atoms with Crippen molar-refractivity contribution in [2.75, 3.05) is 10.8 Å². The van der Waals surface area contributed by atoms with Crippen LogP contribution < -0.4 is 4.31 Å². The summed E-state index contributed by atoms with van der Waals surface area (Å²) < 4.78 is 29.6. The lowest BCUT2D eigenvalue weighted by Gasteiger charge is -2.28. The third-order valence-corrected chi connectivity index (χ3v) is 8.13. The van der Waals surface area contributed by atoms with E-state index in [1.54, 1.807) is 16.4 Å². The number of hydrogen-bond donors (Lipinski definition) is 1. The van der Waals surface area contributed by atoms with Crippen molar-refractivity contribution in [2.24, 2.45) is 0 Å². The van der Waals surface area contributed by atoms with Gasteiger partial charge in [0, 0.05) is 6.54 Å². The fourth-order valence-corrected chi connectivity index (χ4v) is 6.37. The SMILES string of the molecule is CCCCN(c1ccccc1CCc1ccc(C(=O)O)cc1)S(=O)(=O)c1c(C)cc(C)cc1C. The van der Waals surface area contributed by atoms with Gasteiger partial charge in [0.15, 0.2) is 0 Å². The second-order valence-corrected chi connectivity index (χ2v) is 10.6. The number of anilines is 1. The first-order valence-electron chi connectivity index (χ1n) is 11.7. The van der Waals surface area contributed by atoms with Gasteiger partial charge >= 0.3 is 5.97 Å². The van der Waals surface area contributed by atoms with E-state index in [0.29, 0.717) is 30.0 Å². The van der Waals surface area contributed by atoms with Crippen LogP contribution in [0.1, 0.15) is 57.9 Å². The van der Waals surface area contributed by atoms with Crippen molar-refractivity contribution < 1.29 is 18.3 Å². The minimum Gasteiger partial charge on any atom is -0.478 e. The van der Waals surface area contributed by atoms with Crippen molar-refractivity contribution in [1.29, 1.82) is 0 Å². The van der Waals surface area contributed by atoms with Gasteiger partial charge in [-0.1, -0.05) is 61.4 Å². The van der Waals surface area contributed by atoms with Gasteiger partial charge in [0.2, 0.25) is 0 Å². The predicted octanol–water partition coefficient (Wildman–Crippen LogP) is 6.09. The first-order chi connectivity index (χ1) is 16.1. The first-order valence-corrected chi connectivity index (χ1v) is 13.1. The minimum absolute atomic E-state index is 0.254. The van der Waals surface area contributed by atoms with Gasteiger partial charge < -0.3 is 5.11 Å². The van der Waals surface area contributed by atoms with Gasteiger partial charge in [-0.15, -0.1) is 0 Å². The molecule has 5 nitrogen and oxygen atoms in total. The Morgan fingerprint density at radius 2 is 1.53 bits per heavy atom. The molecule has 3 rings (SSSR count). The van der Waals surface area contributed by atoms with Crippen LogP contribution in [0, 0.1) is 20.8 Å². The number of carboxylic acids is 1. The van der Waals surface area contributed by atoms with Crippen molar-refractivity contribution in [3.05, 3.63) is 94.0 Å². The van der Waals surface area contributed by atoms with Crippen LogP contribution in [0.4, 0.5) is 5.69 Å². The number of hydrogen-bond acceptors (Lipinski definition) is 3. The topological polar surface area (TPSA) is 74.7 Å². The maximum atomic E-state index is 14.0. The van der Waals surface area contributed by atoms with E-state index in [2.05, 4.69) is 6.92 Å². The number of carbonyl (C=O) groups is 1. The summed E-state index contributed by atoms with van der Waals surface area (Å²) in [5, 5.41) is 9.11. The molecule has 0 unspecified atom stereocenters. The molecular weight excluding hydrogens is 446 g/mol. The van der Waals surface area contributed by atoms with Crippen molar-refractivity contribution >= 4 is 21.7 Å². The fraction of sp³-hybridized carbons (Fsp3) is 0.321. The smallest absolute Gasteiger partial charge is 0.335 e. The van der Waals surface area contributed by atoms with E-state index >= 15 is 0 Å². The van der Waals surface area contributed by atoms with Crippen LogP contribution in [-0.2, 0) is 22.9 Å². The van der Waals surface area contributed by atoms with Crippen LogP contribution in [-0.4, -0.2) is 26.0 Å². The van der Waals surface area contributed by atoms with Crippen molar-refractivity contribution in [3.8, 4) is 0 Å². The lowest BCUT2D eigenvalue weighted by Crippen LogP contribution is -2.34. The summed E-state index contributed by atoms with van der Waals surface area (Å²) in [4.78, 5) is 11.5. The summed E-state index contributed by atoms with van der Waals surface area (Å²) in [6.45, 7) is 8.16. The van der Waals surface area contributed by atoms with Crippen LogP contribution >= 0.6 is 0 Å². The molecule has 34 heavy (non-hydrogen) atoms. The van der Waals surface area contributed by atoms with Crippen LogP contribution in [0.15, 0.2) is 65.6 Å². The molecule has 1 N–H and O–H groups in total. The fourth-order valence-electron chi connectivity index (χ4n) is 4.41. The summed E-state index contributed by atoms with van der Waals surface area (Å²) in [6, 6.07) is 18.3. The van der Waals surface area contributed by atoms with E-state index in [0.717, 1.165) is 40.7 Å². The molecular formula is C28H33NO4S. The monoisotopic (exact) mass is 479 g/mol. The van der Waals surface area contributed by atoms with Crippen molar-refractivity contribution in [1.82, 2.24) is 0 Å². The quantitative estimate of drug-likeness (QED) is 0.382. The molecule has 0 saturated heterocycles. The van der Waals surface area contributed by atoms with Gasteiger partial charge in [0.05, 0.1) is 16.1 Å². The molecule has 180 valence electrons. The third kappa shape index (κ3) is 5.68.